The minimum absolute atomic E-state index is 0.220. The van der Waals surface area contributed by atoms with Crippen molar-refractivity contribution in [2.75, 3.05) is 13.2 Å². The molecule has 0 spiro atoms. The molecule has 0 unspecified atom stereocenters. The summed E-state index contributed by atoms with van der Waals surface area (Å²) in [5.41, 5.74) is 2.34. The highest BCUT2D eigenvalue weighted by Crippen LogP contribution is 2.12. The first-order valence-electron chi connectivity index (χ1n) is 5.21. The van der Waals surface area contributed by atoms with Gasteiger partial charge in [-0.05, 0) is 6.92 Å². The molecular weight excluding hydrogens is 194 g/mol. The molecule has 82 valence electrons. The second kappa shape index (κ2) is 4.44. The number of carbonyl (C=O) groups excluding carboxylic acids is 1. The number of hydrogen-bond donors (Lipinski definition) is 1. The number of aromatic nitrogens is 2. The molecule has 0 aromatic carbocycles. The van der Waals surface area contributed by atoms with Gasteiger partial charge >= 0.3 is 5.97 Å². The average Bonchev–Trinajstić information content (AvgIpc) is 2.62. The smallest absolute Gasteiger partial charge is 0.327 e. The van der Waals surface area contributed by atoms with Crippen molar-refractivity contribution in [2.24, 2.45) is 0 Å². The second-order valence-corrected chi connectivity index (χ2v) is 3.51. The zero-order valence-corrected chi connectivity index (χ0v) is 8.82. The van der Waals surface area contributed by atoms with E-state index in [4.69, 9.17) is 4.74 Å². The molecule has 2 heterocycles. The Morgan fingerprint density at radius 3 is 3.40 bits per heavy atom. The summed E-state index contributed by atoms with van der Waals surface area (Å²) >= 11 is 0. The Labute approximate surface area is 88.4 Å². The van der Waals surface area contributed by atoms with Crippen LogP contribution in [-0.2, 0) is 29.0 Å². The van der Waals surface area contributed by atoms with Gasteiger partial charge in [0, 0.05) is 30.8 Å². The van der Waals surface area contributed by atoms with Gasteiger partial charge < -0.3 is 10.1 Å². The molecule has 15 heavy (non-hydrogen) atoms. The molecule has 0 saturated carbocycles. The molecule has 1 N–H and O–H groups in total. The van der Waals surface area contributed by atoms with Gasteiger partial charge in [0.25, 0.3) is 0 Å². The Morgan fingerprint density at radius 2 is 2.60 bits per heavy atom. The van der Waals surface area contributed by atoms with Crippen LogP contribution in [0.3, 0.4) is 0 Å². The summed E-state index contributed by atoms with van der Waals surface area (Å²) in [6.45, 7) is 4.24. The summed E-state index contributed by atoms with van der Waals surface area (Å²) in [4.78, 5) is 11.3. The van der Waals surface area contributed by atoms with Crippen molar-refractivity contribution in [3.05, 3.63) is 17.5 Å². The van der Waals surface area contributed by atoms with Crippen molar-refractivity contribution in [1.82, 2.24) is 15.1 Å². The van der Waals surface area contributed by atoms with Gasteiger partial charge in [-0.15, -0.1) is 0 Å². The van der Waals surface area contributed by atoms with E-state index < -0.39 is 0 Å². The molecule has 0 radical (unpaired) electrons. The van der Waals surface area contributed by atoms with E-state index in [-0.39, 0.29) is 12.5 Å². The fraction of sp³-hybridized carbons (Fsp3) is 0.600. The second-order valence-electron chi connectivity index (χ2n) is 3.51. The summed E-state index contributed by atoms with van der Waals surface area (Å²) < 4.78 is 6.64. The molecule has 2 rings (SSSR count). The Morgan fingerprint density at radius 1 is 1.73 bits per heavy atom. The number of fused-ring (bicyclic) bond motifs is 1. The highest BCUT2D eigenvalue weighted by molar-refractivity contribution is 5.69. The molecular formula is C10H15N3O2. The zero-order valence-electron chi connectivity index (χ0n) is 8.82. The highest BCUT2D eigenvalue weighted by Gasteiger charge is 2.16. The first-order chi connectivity index (χ1) is 7.31. The molecule has 0 aliphatic carbocycles. The molecule has 1 aromatic rings. The van der Waals surface area contributed by atoms with Crippen LogP contribution in [0.15, 0.2) is 6.20 Å². The van der Waals surface area contributed by atoms with Crippen LogP contribution in [0.25, 0.3) is 0 Å². The van der Waals surface area contributed by atoms with Gasteiger partial charge in [-0.3, -0.25) is 9.48 Å². The third-order valence-corrected chi connectivity index (χ3v) is 2.47. The van der Waals surface area contributed by atoms with E-state index >= 15 is 0 Å². The number of nitrogens with one attached hydrogen (secondary N) is 1. The summed E-state index contributed by atoms with van der Waals surface area (Å²) in [6, 6.07) is 0. The third-order valence-electron chi connectivity index (χ3n) is 2.47. The van der Waals surface area contributed by atoms with Crippen molar-refractivity contribution in [1.29, 1.82) is 0 Å². The molecule has 1 aliphatic rings. The molecule has 5 nitrogen and oxygen atoms in total. The third kappa shape index (κ3) is 2.18. The van der Waals surface area contributed by atoms with Crippen molar-refractivity contribution < 1.29 is 9.53 Å². The van der Waals surface area contributed by atoms with Gasteiger partial charge in [-0.1, -0.05) is 0 Å². The minimum atomic E-state index is -0.220. The Bertz CT molecular complexity index is 360. The van der Waals surface area contributed by atoms with Crippen LogP contribution in [0.4, 0.5) is 0 Å². The molecule has 0 fully saturated rings. The maximum atomic E-state index is 11.3. The fourth-order valence-corrected chi connectivity index (χ4v) is 1.78. The normalized spacial score (nSPS) is 14.7. The van der Waals surface area contributed by atoms with Gasteiger partial charge in [-0.2, -0.15) is 5.10 Å². The van der Waals surface area contributed by atoms with Gasteiger partial charge in [0.1, 0.15) is 6.54 Å². The van der Waals surface area contributed by atoms with E-state index in [9.17, 15) is 4.79 Å². The number of rotatable bonds is 3. The summed E-state index contributed by atoms with van der Waals surface area (Å²) in [5.74, 6) is -0.220. The summed E-state index contributed by atoms with van der Waals surface area (Å²) in [6.07, 6.45) is 2.75. The van der Waals surface area contributed by atoms with E-state index in [2.05, 4.69) is 10.4 Å². The standard InChI is InChI=1S/C10H15N3O2/c1-2-15-10(14)7-13-9-3-4-11-5-8(9)6-12-13/h6,11H,2-5,7H2,1H3. The van der Waals surface area contributed by atoms with Crippen molar-refractivity contribution in [3.63, 3.8) is 0 Å². The molecule has 0 atom stereocenters. The largest absolute Gasteiger partial charge is 0.465 e. The van der Waals surface area contributed by atoms with Crippen LogP contribution in [-0.4, -0.2) is 28.9 Å². The van der Waals surface area contributed by atoms with Crippen LogP contribution in [0.1, 0.15) is 18.2 Å². The van der Waals surface area contributed by atoms with Crippen molar-refractivity contribution in [2.45, 2.75) is 26.4 Å². The lowest BCUT2D eigenvalue weighted by Crippen LogP contribution is -2.26. The predicted molar refractivity (Wildman–Crippen MR) is 54.3 cm³/mol. The Hall–Kier alpha value is -1.36. The first-order valence-corrected chi connectivity index (χ1v) is 5.21. The molecule has 1 aromatic heterocycles. The van der Waals surface area contributed by atoms with Gasteiger partial charge in [0.05, 0.1) is 12.8 Å². The number of hydrogen-bond acceptors (Lipinski definition) is 4. The van der Waals surface area contributed by atoms with E-state index in [1.54, 1.807) is 11.6 Å². The van der Waals surface area contributed by atoms with Gasteiger partial charge in [-0.25, -0.2) is 0 Å². The van der Waals surface area contributed by atoms with Crippen LogP contribution < -0.4 is 5.32 Å². The topological polar surface area (TPSA) is 56.2 Å². The van der Waals surface area contributed by atoms with E-state index in [0.29, 0.717) is 6.61 Å². The van der Waals surface area contributed by atoms with Crippen LogP contribution in [0.5, 0.6) is 0 Å². The van der Waals surface area contributed by atoms with Crippen molar-refractivity contribution >= 4 is 5.97 Å². The quantitative estimate of drug-likeness (QED) is 0.717. The van der Waals surface area contributed by atoms with Crippen LogP contribution >= 0.6 is 0 Å². The number of esters is 1. The maximum Gasteiger partial charge on any atom is 0.327 e. The molecule has 5 heteroatoms. The first kappa shape index (κ1) is 10.2. The molecule has 0 amide bonds. The number of ether oxygens (including phenoxy) is 1. The van der Waals surface area contributed by atoms with E-state index in [1.807, 2.05) is 6.20 Å². The minimum Gasteiger partial charge on any atom is -0.465 e. The van der Waals surface area contributed by atoms with Gasteiger partial charge in [0.2, 0.25) is 0 Å². The number of nitrogens with zero attached hydrogens (tertiary/aromatic N) is 2. The monoisotopic (exact) mass is 209 g/mol. The predicted octanol–water partition coefficient (Wildman–Crippen LogP) is 0.0919. The molecule has 0 saturated heterocycles. The molecule has 0 bridgehead atoms. The summed E-state index contributed by atoms with van der Waals surface area (Å²) in [5, 5.41) is 7.46. The lowest BCUT2D eigenvalue weighted by Gasteiger charge is -2.14. The Kier molecular flexibility index (Phi) is 3.01. The average molecular weight is 209 g/mol. The lowest BCUT2D eigenvalue weighted by atomic mass is 10.1. The van der Waals surface area contributed by atoms with E-state index in [1.165, 1.54) is 5.56 Å². The van der Waals surface area contributed by atoms with Gasteiger partial charge in [0.15, 0.2) is 0 Å². The number of carbonyl (C=O) groups is 1. The maximum absolute atomic E-state index is 11.3. The van der Waals surface area contributed by atoms with Crippen LogP contribution in [0, 0.1) is 0 Å². The fourth-order valence-electron chi connectivity index (χ4n) is 1.78. The summed E-state index contributed by atoms with van der Waals surface area (Å²) in [7, 11) is 0. The molecule has 1 aliphatic heterocycles. The van der Waals surface area contributed by atoms with Crippen LogP contribution in [0.2, 0.25) is 0 Å². The Balaban J connectivity index is 2.08. The zero-order chi connectivity index (χ0) is 10.7. The highest BCUT2D eigenvalue weighted by atomic mass is 16.5. The van der Waals surface area contributed by atoms with Crippen molar-refractivity contribution in [3.8, 4) is 0 Å². The van der Waals surface area contributed by atoms with E-state index in [0.717, 1.165) is 25.2 Å². The SMILES string of the molecule is CCOC(=O)Cn1ncc2c1CCNC2. The lowest BCUT2D eigenvalue weighted by molar-refractivity contribution is -0.144.